The zero-order valence-corrected chi connectivity index (χ0v) is 13.0. The Kier molecular flexibility index (Phi) is 5.76. The van der Waals surface area contributed by atoms with Crippen LogP contribution in [0.1, 0.15) is 48.2 Å². The number of carbonyl (C=O) groups is 2. The molecule has 1 aliphatic rings. The Hall–Kier alpha value is -1.40. The van der Waals surface area contributed by atoms with Gasteiger partial charge in [0, 0.05) is 13.1 Å². The summed E-state index contributed by atoms with van der Waals surface area (Å²) >= 11 is 1.42. The van der Waals surface area contributed by atoms with E-state index in [9.17, 15) is 9.59 Å². The molecule has 21 heavy (non-hydrogen) atoms. The molecule has 2 rings (SSSR count). The zero-order chi connectivity index (χ0) is 15.1. The smallest absolute Gasteiger partial charge is 0.261 e. The molecule has 5 nitrogen and oxygen atoms in total. The van der Waals surface area contributed by atoms with Crippen molar-refractivity contribution in [1.82, 2.24) is 10.6 Å². The number of rotatable bonds is 6. The predicted octanol–water partition coefficient (Wildman–Crippen LogP) is 1.65. The first-order valence-electron chi connectivity index (χ1n) is 7.51. The Morgan fingerprint density at radius 3 is 2.57 bits per heavy atom. The lowest BCUT2D eigenvalue weighted by atomic mass is 9.82. The highest BCUT2D eigenvalue weighted by Gasteiger charge is 2.34. The van der Waals surface area contributed by atoms with Crippen LogP contribution in [0.25, 0.3) is 0 Å². The molecule has 1 saturated carbocycles. The summed E-state index contributed by atoms with van der Waals surface area (Å²) in [6.07, 6.45) is 5.48. The minimum Gasteiger partial charge on any atom is -0.354 e. The highest BCUT2D eigenvalue weighted by molar-refractivity contribution is 7.12. The number of nitrogens with two attached hydrogens (primary N) is 1. The lowest BCUT2D eigenvalue weighted by molar-refractivity contribution is -0.127. The van der Waals surface area contributed by atoms with Gasteiger partial charge in [-0.05, 0) is 30.7 Å². The largest absolute Gasteiger partial charge is 0.354 e. The van der Waals surface area contributed by atoms with Gasteiger partial charge in [-0.3, -0.25) is 9.59 Å². The number of hydrogen-bond acceptors (Lipinski definition) is 4. The summed E-state index contributed by atoms with van der Waals surface area (Å²) in [7, 11) is 0. The van der Waals surface area contributed by atoms with Gasteiger partial charge in [-0.2, -0.15) is 0 Å². The van der Waals surface area contributed by atoms with E-state index in [1.54, 1.807) is 6.07 Å². The molecule has 0 aromatic carbocycles. The molecule has 0 bridgehead atoms. The average molecular weight is 309 g/mol. The normalized spacial score (nSPS) is 17.2. The van der Waals surface area contributed by atoms with Crippen molar-refractivity contribution in [2.24, 2.45) is 5.73 Å². The van der Waals surface area contributed by atoms with Crippen molar-refractivity contribution in [3.05, 3.63) is 22.4 Å². The van der Waals surface area contributed by atoms with E-state index >= 15 is 0 Å². The lowest BCUT2D eigenvalue weighted by Gasteiger charge is -2.31. The number of amides is 2. The molecule has 116 valence electrons. The molecule has 1 aliphatic carbocycles. The molecule has 0 saturated heterocycles. The third-order valence-corrected chi connectivity index (χ3v) is 4.74. The van der Waals surface area contributed by atoms with E-state index in [0.29, 0.717) is 24.4 Å². The Morgan fingerprint density at radius 1 is 1.19 bits per heavy atom. The van der Waals surface area contributed by atoms with Gasteiger partial charge in [0.2, 0.25) is 5.91 Å². The van der Waals surface area contributed by atoms with Gasteiger partial charge < -0.3 is 16.4 Å². The maximum absolute atomic E-state index is 12.1. The second-order valence-corrected chi connectivity index (χ2v) is 6.51. The first-order valence-corrected chi connectivity index (χ1v) is 8.39. The highest BCUT2D eigenvalue weighted by Crippen LogP contribution is 2.25. The Morgan fingerprint density at radius 2 is 1.90 bits per heavy atom. The van der Waals surface area contributed by atoms with Gasteiger partial charge >= 0.3 is 0 Å². The highest BCUT2D eigenvalue weighted by atomic mass is 32.1. The molecule has 0 aliphatic heterocycles. The quantitative estimate of drug-likeness (QED) is 0.699. The summed E-state index contributed by atoms with van der Waals surface area (Å²) in [6.45, 7) is 1.09. The third-order valence-electron chi connectivity index (χ3n) is 3.87. The number of hydrogen-bond donors (Lipinski definition) is 3. The van der Waals surface area contributed by atoms with Crippen molar-refractivity contribution >= 4 is 23.2 Å². The van der Waals surface area contributed by atoms with Crippen LogP contribution >= 0.6 is 11.3 Å². The van der Waals surface area contributed by atoms with Gasteiger partial charge in [0.15, 0.2) is 0 Å². The Balaban J connectivity index is 1.61. The van der Waals surface area contributed by atoms with Gasteiger partial charge in [-0.25, -0.2) is 0 Å². The third kappa shape index (κ3) is 4.54. The fraction of sp³-hybridized carbons (Fsp3) is 0.600. The summed E-state index contributed by atoms with van der Waals surface area (Å²) < 4.78 is 0. The summed E-state index contributed by atoms with van der Waals surface area (Å²) in [4.78, 5) is 24.5. The molecule has 2 amide bonds. The maximum atomic E-state index is 12.1. The first-order chi connectivity index (χ1) is 10.1. The molecule has 0 atom stereocenters. The molecule has 0 radical (unpaired) electrons. The topological polar surface area (TPSA) is 84.2 Å². The predicted molar refractivity (Wildman–Crippen MR) is 84.3 cm³/mol. The van der Waals surface area contributed by atoms with E-state index in [0.717, 1.165) is 25.7 Å². The lowest BCUT2D eigenvalue weighted by Crippen LogP contribution is -2.55. The second kappa shape index (κ2) is 7.56. The van der Waals surface area contributed by atoms with E-state index in [-0.39, 0.29) is 11.8 Å². The van der Waals surface area contributed by atoms with Crippen LogP contribution in [-0.4, -0.2) is 30.4 Å². The summed E-state index contributed by atoms with van der Waals surface area (Å²) in [6, 6.07) is 3.65. The Bertz CT molecular complexity index is 467. The van der Waals surface area contributed by atoms with Crippen LogP contribution in [-0.2, 0) is 4.79 Å². The minimum atomic E-state index is -0.682. The van der Waals surface area contributed by atoms with Gasteiger partial charge in [-0.1, -0.05) is 25.3 Å². The molecule has 0 unspecified atom stereocenters. The SMILES string of the molecule is NC1(C(=O)NCCCNC(=O)c2cccs2)CCCCC1. The molecule has 1 fully saturated rings. The number of nitrogens with one attached hydrogen (secondary N) is 2. The van der Waals surface area contributed by atoms with Crippen molar-refractivity contribution in [1.29, 1.82) is 0 Å². The van der Waals surface area contributed by atoms with Crippen LogP contribution < -0.4 is 16.4 Å². The number of carbonyl (C=O) groups excluding carboxylic acids is 2. The van der Waals surface area contributed by atoms with Crippen molar-refractivity contribution in [3.8, 4) is 0 Å². The summed E-state index contributed by atoms with van der Waals surface area (Å²) in [5, 5.41) is 7.60. The fourth-order valence-electron chi connectivity index (χ4n) is 2.57. The molecular formula is C15H23N3O2S. The fourth-order valence-corrected chi connectivity index (χ4v) is 3.21. The second-order valence-electron chi connectivity index (χ2n) is 5.56. The van der Waals surface area contributed by atoms with Crippen LogP contribution in [0.4, 0.5) is 0 Å². The van der Waals surface area contributed by atoms with Crippen LogP contribution in [0.15, 0.2) is 17.5 Å². The monoisotopic (exact) mass is 309 g/mol. The van der Waals surface area contributed by atoms with Crippen LogP contribution in [0, 0.1) is 0 Å². The van der Waals surface area contributed by atoms with Gasteiger partial charge in [0.25, 0.3) is 5.91 Å². The van der Waals surface area contributed by atoms with Gasteiger partial charge in [-0.15, -0.1) is 11.3 Å². The molecule has 4 N–H and O–H groups in total. The maximum Gasteiger partial charge on any atom is 0.261 e. The molecule has 1 aromatic heterocycles. The minimum absolute atomic E-state index is 0.0493. The van der Waals surface area contributed by atoms with Crippen molar-refractivity contribution < 1.29 is 9.59 Å². The standard InChI is InChI=1S/C15H23N3O2S/c16-15(7-2-1-3-8-15)14(20)18-10-5-9-17-13(19)12-6-4-11-21-12/h4,6,11H,1-3,5,7-10,16H2,(H,17,19)(H,18,20). The average Bonchev–Trinajstić information content (AvgIpc) is 3.01. The van der Waals surface area contributed by atoms with Gasteiger partial charge in [0.1, 0.15) is 0 Å². The Labute approximate surface area is 129 Å². The van der Waals surface area contributed by atoms with Gasteiger partial charge in [0.05, 0.1) is 10.4 Å². The van der Waals surface area contributed by atoms with Crippen molar-refractivity contribution in [3.63, 3.8) is 0 Å². The number of thiophene rings is 1. The summed E-state index contributed by atoms with van der Waals surface area (Å²) in [5.41, 5.74) is 5.47. The molecular weight excluding hydrogens is 286 g/mol. The molecule has 1 heterocycles. The van der Waals surface area contributed by atoms with Crippen LogP contribution in [0.3, 0.4) is 0 Å². The zero-order valence-electron chi connectivity index (χ0n) is 12.2. The van der Waals surface area contributed by atoms with Crippen molar-refractivity contribution in [2.75, 3.05) is 13.1 Å². The van der Waals surface area contributed by atoms with Crippen LogP contribution in [0.2, 0.25) is 0 Å². The van der Waals surface area contributed by atoms with E-state index in [2.05, 4.69) is 10.6 Å². The molecule has 0 spiro atoms. The van der Waals surface area contributed by atoms with Crippen LogP contribution in [0.5, 0.6) is 0 Å². The van der Waals surface area contributed by atoms with E-state index in [1.807, 2.05) is 11.4 Å². The van der Waals surface area contributed by atoms with E-state index in [4.69, 9.17) is 5.73 Å². The first kappa shape index (κ1) is 16.0. The van der Waals surface area contributed by atoms with E-state index < -0.39 is 5.54 Å². The van der Waals surface area contributed by atoms with Crippen molar-refractivity contribution in [2.45, 2.75) is 44.1 Å². The molecule has 6 heteroatoms. The summed E-state index contributed by atoms with van der Waals surface area (Å²) in [5.74, 6) is -0.106. The van der Waals surface area contributed by atoms with E-state index in [1.165, 1.54) is 17.8 Å². The molecule has 1 aromatic rings.